The van der Waals surface area contributed by atoms with Gasteiger partial charge in [-0.25, -0.2) is 9.80 Å². The van der Waals surface area contributed by atoms with E-state index >= 15 is 0 Å². The van der Waals surface area contributed by atoms with Crippen molar-refractivity contribution >= 4 is 17.5 Å². The Morgan fingerprint density at radius 2 is 1.77 bits per heavy atom. The number of nitrogens with zero attached hydrogens (tertiary/aromatic N) is 1. The minimum atomic E-state index is -0.613. The molecule has 2 aromatic carbocycles. The number of unbranched alkanes of at least 4 members (excludes halogenated alkanes) is 2. The Bertz CT molecular complexity index is 761. The number of anilines is 1. The van der Waals surface area contributed by atoms with Crippen LogP contribution in [-0.4, -0.2) is 23.4 Å². The largest absolute Gasteiger partial charge is 0.337 e. The van der Waals surface area contributed by atoms with E-state index in [1.165, 1.54) is 5.01 Å². The highest BCUT2D eigenvalue weighted by molar-refractivity contribution is 5.94. The third-order valence-corrected chi connectivity index (χ3v) is 4.56. The van der Waals surface area contributed by atoms with Crippen LogP contribution >= 0.6 is 0 Å². The van der Waals surface area contributed by atoms with Gasteiger partial charge in [0.1, 0.15) is 6.04 Å². The van der Waals surface area contributed by atoms with Crippen molar-refractivity contribution in [3.05, 3.63) is 65.7 Å². The highest BCUT2D eigenvalue weighted by Gasteiger charge is 2.38. The van der Waals surface area contributed by atoms with Crippen LogP contribution in [-0.2, 0) is 11.2 Å². The third-order valence-electron chi connectivity index (χ3n) is 4.56. The topological polar surface area (TPSA) is 61.4 Å². The Morgan fingerprint density at radius 3 is 2.54 bits per heavy atom. The highest BCUT2D eigenvalue weighted by Crippen LogP contribution is 2.36. The Balaban J connectivity index is 1.76. The van der Waals surface area contributed by atoms with E-state index in [0.717, 1.165) is 36.1 Å². The van der Waals surface area contributed by atoms with Gasteiger partial charge in [0.15, 0.2) is 5.78 Å². The molecule has 2 amide bonds. The minimum absolute atomic E-state index is 0.00245. The minimum Gasteiger partial charge on any atom is -0.337 e. The summed E-state index contributed by atoms with van der Waals surface area (Å²) in [5.41, 5.74) is 5.69. The molecule has 0 aromatic heterocycles. The predicted molar refractivity (Wildman–Crippen MR) is 103 cm³/mol. The van der Waals surface area contributed by atoms with Crippen LogP contribution < -0.4 is 10.7 Å². The van der Waals surface area contributed by atoms with Gasteiger partial charge in [0.25, 0.3) is 0 Å². The van der Waals surface area contributed by atoms with Crippen LogP contribution in [0.3, 0.4) is 0 Å². The number of Topliss-reactive ketones (excluding diaryl/α,β-unsaturated/α-hetero) is 1. The van der Waals surface area contributed by atoms with Crippen molar-refractivity contribution in [3.8, 4) is 0 Å². The monoisotopic (exact) mass is 351 g/mol. The third kappa shape index (κ3) is 4.04. The first-order valence-electron chi connectivity index (χ1n) is 9.20. The standard InChI is InChI=1S/C21H25N3O2/c1-2-3-9-14-22-21(26)24-20(17-12-7-8-13-18(17)23-24)19(25)15-16-10-5-4-6-11-16/h4-8,10-13,20,23H,2-3,9,14-15H2,1H3,(H,22,26). The van der Waals surface area contributed by atoms with E-state index in [9.17, 15) is 9.59 Å². The number of urea groups is 1. The van der Waals surface area contributed by atoms with Crippen molar-refractivity contribution in [2.75, 3.05) is 12.0 Å². The molecule has 1 unspecified atom stereocenters. The number of hydrogen-bond acceptors (Lipinski definition) is 3. The maximum Gasteiger partial charge on any atom is 0.337 e. The van der Waals surface area contributed by atoms with E-state index in [-0.39, 0.29) is 11.8 Å². The lowest BCUT2D eigenvalue weighted by Crippen LogP contribution is -2.45. The number of hydrogen-bond donors (Lipinski definition) is 2. The van der Waals surface area contributed by atoms with Crippen molar-refractivity contribution in [3.63, 3.8) is 0 Å². The van der Waals surface area contributed by atoms with Crippen LogP contribution in [0.15, 0.2) is 54.6 Å². The first kappa shape index (κ1) is 18.0. The Morgan fingerprint density at radius 1 is 1.04 bits per heavy atom. The number of fused-ring (bicyclic) bond motifs is 1. The summed E-state index contributed by atoms with van der Waals surface area (Å²) in [7, 11) is 0. The molecule has 5 nitrogen and oxygen atoms in total. The molecule has 0 saturated carbocycles. The van der Waals surface area contributed by atoms with Crippen LogP contribution in [0.25, 0.3) is 0 Å². The van der Waals surface area contributed by atoms with Gasteiger partial charge >= 0.3 is 6.03 Å². The number of para-hydroxylation sites is 1. The van der Waals surface area contributed by atoms with Gasteiger partial charge in [0.2, 0.25) is 0 Å². The molecule has 1 aliphatic rings. The molecule has 0 radical (unpaired) electrons. The molecular weight excluding hydrogens is 326 g/mol. The van der Waals surface area contributed by atoms with Crippen molar-refractivity contribution in [1.29, 1.82) is 0 Å². The van der Waals surface area contributed by atoms with Gasteiger partial charge in [-0.1, -0.05) is 68.3 Å². The normalized spacial score (nSPS) is 15.3. The lowest BCUT2D eigenvalue weighted by molar-refractivity contribution is -0.122. The lowest BCUT2D eigenvalue weighted by Gasteiger charge is -2.24. The summed E-state index contributed by atoms with van der Waals surface area (Å²) in [4.78, 5) is 25.7. The van der Waals surface area contributed by atoms with Crippen molar-refractivity contribution < 1.29 is 9.59 Å². The Kier molecular flexibility index (Phi) is 5.89. The fraction of sp³-hybridized carbons (Fsp3) is 0.333. The van der Waals surface area contributed by atoms with Gasteiger partial charge in [-0.2, -0.15) is 0 Å². The number of rotatable bonds is 7. The van der Waals surface area contributed by atoms with E-state index in [4.69, 9.17) is 0 Å². The number of ketones is 1. The maximum absolute atomic E-state index is 13.0. The smallest absolute Gasteiger partial charge is 0.337 e. The zero-order chi connectivity index (χ0) is 18.4. The maximum atomic E-state index is 13.0. The summed E-state index contributed by atoms with van der Waals surface area (Å²) in [6.07, 6.45) is 3.40. The van der Waals surface area contributed by atoms with Crippen LogP contribution in [0.4, 0.5) is 10.5 Å². The molecule has 1 heterocycles. The van der Waals surface area contributed by atoms with Gasteiger partial charge in [0.05, 0.1) is 5.69 Å². The molecule has 26 heavy (non-hydrogen) atoms. The van der Waals surface area contributed by atoms with Crippen LogP contribution in [0.1, 0.15) is 43.4 Å². The molecule has 1 aliphatic heterocycles. The molecule has 0 aliphatic carbocycles. The predicted octanol–water partition coefficient (Wildman–Crippen LogP) is 4.08. The van der Waals surface area contributed by atoms with Crippen molar-refractivity contribution in [1.82, 2.24) is 10.3 Å². The number of carbonyl (C=O) groups is 2. The Labute approximate surface area is 154 Å². The molecule has 0 spiro atoms. The first-order valence-corrected chi connectivity index (χ1v) is 9.20. The molecule has 0 fully saturated rings. The second-order valence-corrected chi connectivity index (χ2v) is 6.54. The average Bonchev–Trinajstić information content (AvgIpc) is 3.05. The summed E-state index contributed by atoms with van der Waals surface area (Å²) in [6, 6.07) is 16.3. The van der Waals surface area contributed by atoms with E-state index < -0.39 is 6.04 Å². The molecule has 5 heteroatoms. The fourth-order valence-corrected chi connectivity index (χ4v) is 3.21. The molecule has 1 atom stereocenters. The molecule has 0 saturated heterocycles. The van der Waals surface area contributed by atoms with Crippen LogP contribution in [0, 0.1) is 0 Å². The number of nitrogens with one attached hydrogen (secondary N) is 2. The molecule has 136 valence electrons. The fourth-order valence-electron chi connectivity index (χ4n) is 3.21. The zero-order valence-electron chi connectivity index (χ0n) is 15.1. The number of benzene rings is 2. The number of hydrazine groups is 1. The number of carbonyl (C=O) groups excluding carboxylic acids is 2. The average molecular weight is 351 g/mol. The molecule has 2 N–H and O–H groups in total. The summed E-state index contributed by atoms with van der Waals surface area (Å²) in [5.74, 6) is -0.00245. The summed E-state index contributed by atoms with van der Waals surface area (Å²) in [5, 5.41) is 4.35. The van der Waals surface area contributed by atoms with E-state index in [2.05, 4.69) is 17.7 Å². The van der Waals surface area contributed by atoms with Crippen molar-refractivity contribution in [2.24, 2.45) is 0 Å². The van der Waals surface area contributed by atoms with Gasteiger partial charge in [0, 0.05) is 18.5 Å². The molecule has 3 rings (SSSR count). The molecular formula is C21H25N3O2. The second kappa shape index (κ2) is 8.52. The first-order chi connectivity index (χ1) is 12.7. The van der Waals surface area contributed by atoms with E-state index in [1.54, 1.807) is 0 Å². The number of amides is 2. The molecule has 2 aromatic rings. The molecule has 0 bridgehead atoms. The van der Waals surface area contributed by atoms with Gasteiger partial charge in [-0.15, -0.1) is 0 Å². The SMILES string of the molecule is CCCCCNC(=O)N1Nc2ccccc2C1C(=O)Cc1ccccc1. The van der Waals surface area contributed by atoms with Crippen molar-refractivity contribution in [2.45, 2.75) is 38.6 Å². The second-order valence-electron chi connectivity index (χ2n) is 6.54. The lowest BCUT2D eigenvalue weighted by atomic mass is 9.97. The van der Waals surface area contributed by atoms with Gasteiger partial charge in [-0.3, -0.25) is 10.2 Å². The quantitative estimate of drug-likeness (QED) is 0.739. The zero-order valence-corrected chi connectivity index (χ0v) is 15.1. The van der Waals surface area contributed by atoms with Crippen LogP contribution in [0.5, 0.6) is 0 Å². The van der Waals surface area contributed by atoms with Gasteiger partial charge in [-0.05, 0) is 18.1 Å². The summed E-state index contributed by atoms with van der Waals surface area (Å²) < 4.78 is 0. The van der Waals surface area contributed by atoms with Gasteiger partial charge < -0.3 is 5.32 Å². The highest BCUT2D eigenvalue weighted by atomic mass is 16.2. The Hall–Kier alpha value is -2.82. The van der Waals surface area contributed by atoms with E-state index in [0.29, 0.717) is 13.0 Å². The van der Waals surface area contributed by atoms with E-state index in [1.807, 2.05) is 54.6 Å². The summed E-state index contributed by atoms with van der Waals surface area (Å²) >= 11 is 0. The van der Waals surface area contributed by atoms with Crippen LogP contribution in [0.2, 0.25) is 0 Å². The summed E-state index contributed by atoms with van der Waals surface area (Å²) in [6.45, 7) is 2.74.